The van der Waals surface area contributed by atoms with Crippen LogP contribution in [0.4, 0.5) is 18.9 Å². The zero-order valence-electron chi connectivity index (χ0n) is 12.3. The van der Waals surface area contributed by atoms with Crippen LogP contribution in [-0.2, 0) is 9.53 Å². The van der Waals surface area contributed by atoms with Gasteiger partial charge in [0, 0.05) is 4.47 Å². The Hall–Kier alpha value is -2.35. The van der Waals surface area contributed by atoms with E-state index in [-0.39, 0.29) is 10.0 Å². The molecule has 8 heteroatoms. The van der Waals surface area contributed by atoms with Crippen molar-refractivity contribution in [3.63, 3.8) is 0 Å². The topological polar surface area (TPSA) is 55.4 Å². The summed E-state index contributed by atoms with van der Waals surface area (Å²) in [5.74, 6) is -4.27. The summed E-state index contributed by atoms with van der Waals surface area (Å²) in [6.07, 6.45) is -1.33. The lowest BCUT2D eigenvalue weighted by Gasteiger charge is -2.14. The average Bonchev–Trinajstić information content (AvgIpc) is 2.50. The van der Waals surface area contributed by atoms with Gasteiger partial charge in [-0.1, -0.05) is 6.07 Å². The molecule has 0 unspecified atom stereocenters. The predicted molar refractivity (Wildman–Crippen MR) is 84.0 cm³/mol. The minimum absolute atomic E-state index is 0.00752. The number of nitrogens with one attached hydrogen (secondary N) is 1. The lowest BCUT2D eigenvalue weighted by molar-refractivity contribution is -0.123. The molecule has 0 fully saturated rings. The molecule has 0 aromatic heterocycles. The highest BCUT2D eigenvalue weighted by atomic mass is 79.9. The molecule has 1 atom stereocenters. The molecule has 0 saturated heterocycles. The van der Waals surface area contributed by atoms with Gasteiger partial charge in [-0.05, 0) is 53.2 Å². The van der Waals surface area contributed by atoms with E-state index < -0.39 is 41.1 Å². The van der Waals surface area contributed by atoms with Gasteiger partial charge in [-0.3, -0.25) is 4.79 Å². The molecule has 0 saturated carbocycles. The number of anilines is 1. The summed E-state index contributed by atoms with van der Waals surface area (Å²) in [4.78, 5) is 23.9. The van der Waals surface area contributed by atoms with Gasteiger partial charge in [-0.25, -0.2) is 18.0 Å². The second-order valence-corrected chi connectivity index (χ2v) is 5.61. The minimum atomic E-state index is -1.33. The van der Waals surface area contributed by atoms with Crippen molar-refractivity contribution in [2.24, 2.45) is 0 Å². The van der Waals surface area contributed by atoms with E-state index in [1.54, 1.807) is 0 Å². The Kier molecular flexibility index (Phi) is 5.61. The first-order chi connectivity index (χ1) is 11.3. The van der Waals surface area contributed by atoms with Gasteiger partial charge in [-0.15, -0.1) is 0 Å². The molecule has 24 heavy (non-hydrogen) atoms. The maximum Gasteiger partial charge on any atom is 0.340 e. The smallest absolute Gasteiger partial charge is 0.340 e. The van der Waals surface area contributed by atoms with E-state index >= 15 is 0 Å². The Bertz CT molecular complexity index is 778. The molecule has 1 amide bonds. The van der Waals surface area contributed by atoms with Crippen LogP contribution in [0.25, 0.3) is 0 Å². The van der Waals surface area contributed by atoms with E-state index in [1.807, 2.05) is 5.32 Å². The summed E-state index contributed by atoms with van der Waals surface area (Å²) in [7, 11) is 0. The van der Waals surface area contributed by atoms with Crippen LogP contribution >= 0.6 is 15.9 Å². The highest BCUT2D eigenvalue weighted by Gasteiger charge is 2.22. The zero-order chi connectivity index (χ0) is 17.9. The van der Waals surface area contributed by atoms with Crippen molar-refractivity contribution in [1.29, 1.82) is 0 Å². The third-order valence-corrected chi connectivity index (χ3v) is 3.67. The number of amides is 1. The third-order valence-electron chi connectivity index (χ3n) is 3.02. The van der Waals surface area contributed by atoms with E-state index in [2.05, 4.69) is 15.9 Å². The van der Waals surface area contributed by atoms with E-state index in [4.69, 9.17) is 4.74 Å². The van der Waals surface area contributed by atoms with E-state index in [1.165, 1.54) is 13.0 Å². The molecule has 0 aliphatic rings. The van der Waals surface area contributed by atoms with Gasteiger partial charge in [0.2, 0.25) is 0 Å². The number of halogens is 4. The number of rotatable bonds is 4. The molecule has 0 spiro atoms. The molecular formula is C16H11BrF3NO3. The van der Waals surface area contributed by atoms with Crippen molar-refractivity contribution in [1.82, 2.24) is 0 Å². The first-order valence-corrected chi connectivity index (χ1v) is 7.50. The fourth-order valence-electron chi connectivity index (χ4n) is 1.77. The van der Waals surface area contributed by atoms with Crippen LogP contribution in [0.1, 0.15) is 17.3 Å². The van der Waals surface area contributed by atoms with E-state index in [0.717, 1.165) is 30.3 Å². The Morgan fingerprint density at radius 2 is 1.75 bits per heavy atom. The first-order valence-electron chi connectivity index (χ1n) is 6.70. The van der Waals surface area contributed by atoms with Gasteiger partial charge in [0.1, 0.15) is 23.1 Å². The Morgan fingerprint density at radius 1 is 1.12 bits per heavy atom. The van der Waals surface area contributed by atoms with Crippen LogP contribution in [0.15, 0.2) is 40.9 Å². The number of carbonyl (C=O) groups excluding carboxylic acids is 2. The van der Waals surface area contributed by atoms with Gasteiger partial charge < -0.3 is 10.1 Å². The average molecular weight is 402 g/mol. The molecule has 0 radical (unpaired) electrons. The maximum atomic E-state index is 13.5. The molecule has 0 bridgehead atoms. The van der Waals surface area contributed by atoms with Crippen LogP contribution in [0.2, 0.25) is 0 Å². The second kappa shape index (κ2) is 7.48. The molecule has 2 rings (SSSR count). The Morgan fingerprint density at radius 3 is 2.33 bits per heavy atom. The molecule has 2 aromatic rings. The molecule has 1 N–H and O–H groups in total. The van der Waals surface area contributed by atoms with Crippen LogP contribution < -0.4 is 5.32 Å². The summed E-state index contributed by atoms with van der Waals surface area (Å²) in [6, 6.07) is 6.41. The number of esters is 1. The van der Waals surface area contributed by atoms with Crippen LogP contribution in [0.5, 0.6) is 0 Å². The number of hydrogen-bond acceptors (Lipinski definition) is 3. The standard InChI is InChI=1S/C16H11BrF3NO3/c1-8(15(22)21-14-12(19)3-2-4-13(14)20)24-16(23)10-6-5-9(18)7-11(10)17/h2-8H,1H3,(H,21,22)/t8-/m0/s1. The molecule has 2 aromatic carbocycles. The number of ether oxygens (including phenoxy) is 1. The monoisotopic (exact) mass is 401 g/mol. The molecule has 0 aliphatic heterocycles. The number of hydrogen-bond donors (Lipinski definition) is 1. The van der Waals surface area contributed by atoms with Crippen molar-refractivity contribution >= 4 is 33.5 Å². The van der Waals surface area contributed by atoms with Crippen LogP contribution in [0, 0.1) is 17.5 Å². The molecule has 126 valence electrons. The van der Waals surface area contributed by atoms with Crippen molar-refractivity contribution < 1.29 is 27.5 Å². The van der Waals surface area contributed by atoms with E-state index in [0.29, 0.717) is 0 Å². The van der Waals surface area contributed by atoms with Crippen molar-refractivity contribution in [3.05, 3.63) is 63.9 Å². The zero-order valence-corrected chi connectivity index (χ0v) is 13.9. The SMILES string of the molecule is C[C@H](OC(=O)c1ccc(F)cc1Br)C(=O)Nc1c(F)cccc1F. The lowest BCUT2D eigenvalue weighted by atomic mass is 10.2. The predicted octanol–water partition coefficient (Wildman–Crippen LogP) is 4.05. The van der Waals surface area contributed by atoms with Gasteiger partial charge in [0.05, 0.1) is 5.56 Å². The van der Waals surface area contributed by atoms with Crippen molar-refractivity contribution in [3.8, 4) is 0 Å². The van der Waals surface area contributed by atoms with Gasteiger partial charge >= 0.3 is 5.97 Å². The molecular weight excluding hydrogens is 391 g/mol. The fourth-order valence-corrected chi connectivity index (χ4v) is 2.29. The number of para-hydroxylation sites is 1. The summed E-state index contributed by atoms with van der Waals surface area (Å²) >= 11 is 3.01. The molecule has 0 heterocycles. The first kappa shape index (κ1) is 18.0. The van der Waals surface area contributed by atoms with Gasteiger partial charge in [0.15, 0.2) is 6.10 Å². The van der Waals surface area contributed by atoms with E-state index in [9.17, 15) is 22.8 Å². The second-order valence-electron chi connectivity index (χ2n) is 4.76. The Balaban J connectivity index is 2.07. The highest BCUT2D eigenvalue weighted by Crippen LogP contribution is 2.21. The van der Waals surface area contributed by atoms with Crippen LogP contribution in [0.3, 0.4) is 0 Å². The van der Waals surface area contributed by atoms with Crippen molar-refractivity contribution in [2.45, 2.75) is 13.0 Å². The summed E-state index contributed by atoms with van der Waals surface area (Å²) in [6.45, 7) is 1.24. The third kappa shape index (κ3) is 4.14. The van der Waals surface area contributed by atoms with Gasteiger partial charge in [-0.2, -0.15) is 0 Å². The van der Waals surface area contributed by atoms with Gasteiger partial charge in [0.25, 0.3) is 5.91 Å². The number of benzene rings is 2. The quantitative estimate of drug-likeness (QED) is 0.786. The fraction of sp³-hybridized carbons (Fsp3) is 0.125. The highest BCUT2D eigenvalue weighted by molar-refractivity contribution is 9.10. The van der Waals surface area contributed by atoms with Crippen molar-refractivity contribution in [2.75, 3.05) is 5.32 Å². The molecule has 0 aliphatic carbocycles. The number of carbonyl (C=O) groups is 2. The lowest BCUT2D eigenvalue weighted by Crippen LogP contribution is -2.30. The Labute approximate surface area is 143 Å². The largest absolute Gasteiger partial charge is 0.449 e. The summed E-state index contributed by atoms with van der Waals surface area (Å²) < 4.78 is 45.1. The maximum absolute atomic E-state index is 13.5. The summed E-state index contributed by atoms with van der Waals surface area (Å²) in [5.41, 5.74) is -0.624. The van der Waals surface area contributed by atoms with Crippen LogP contribution in [-0.4, -0.2) is 18.0 Å². The molecule has 4 nitrogen and oxygen atoms in total. The minimum Gasteiger partial charge on any atom is -0.449 e. The summed E-state index contributed by atoms with van der Waals surface area (Å²) in [5, 5.41) is 2.02. The normalized spacial score (nSPS) is 11.7.